The number of allylic oxidation sites excluding steroid dienone is 2. The van der Waals surface area contributed by atoms with Crippen LogP contribution in [0.1, 0.15) is 34.0 Å². The number of nitrogens with zero attached hydrogens (tertiary/aromatic N) is 2. The molecule has 1 unspecified atom stereocenters. The van der Waals surface area contributed by atoms with E-state index in [1.165, 1.54) is 38.9 Å². The van der Waals surface area contributed by atoms with Crippen LogP contribution in [0, 0.1) is 6.34 Å². The first-order valence-electron chi connectivity index (χ1n) is 11.2. The Hall–Kier alpha value is -3.91. The second-order valence-corrected chi connectivity index (χ2v) is 8.47. The van der Waals surface area contributed by atoms with Crippen molar-refractivity contribution in [2.24, 2.45) is 0 Å². The zero-order chi connectivity index (χ0) is 21.3. The number of pyridine rings is 1. The molecule has 2 nitrogen and oxygen atoms in total. The van der Waals surface area contributed by atoms with E-state index in [2.05, 4.69) is 131 Å². The van der Waals surface area contributed by atoms with Crippen molar-refractivity contribution in [2.45, 2.75) is 19.0 Å². The Balaban J connectivity index is 1.58. The van der Waals surface area contributed by atoms with Crippen molar-refractivity contribution in [1.82, 2.24) is 4.90 Å². The van der Waals surface area contributed by atoms with Crippen LogP contribution in [0.5, 0.6) is 0 Å². The lowest BCUT2D eigenvalue weighted by atomic mass is 9.92. The van der Waals surface area contributed by atoms with Gasteiger partial charge in [-0.05, 0) is 35.2 Å². The smallest absolute Gasteiger partial charge is 0.245 e. The average Bonchev–Trinajstić information content (AvgIpc) is 3.23. The van der Waals surface area contributed by atoms with Gasteiger partial charge in [0.1, 0.15) is 11.9 Å². The Morgan fingerprint density at radius 2 is 1.50 bits per heavy atom. The summed E-state index contributed by atoms with van der Waals surface area (Å²) in [5.74, 6) is 0. The van der Waals surface area contributed by atoms with E-state index in [1.807, 2.05) is 0 Å². The van der Waals surface area contributed by atoms with Gasteiger partial charge in [0.25, 0.3) is 0 Å². The molecule has 0 spiro atoms. The number of rotatable bonds is 3. The van der Waals surface area contributed by atoms with Crippen molar-refractivity contribution in [3.63, 3.8) is 0 Å². The predicted molar refractivity (Wildman–Crippen MR) is 128 cm³/mol. The minimum atomic E-state index is 0.180. The van der Waals surface area contributed by atoms with Gasteiger partial charge in [0.15, 0.2) is 11.7 Å². The Morgan fingerprint density at radius 3 is 2.34 bits per heavy atom. The topological polar surface area (TPSA) is 9.14 Å². The van der Waals surface area contributed by atoms with E-state index in [0.29, 0.717) is 0 Å². The van der Waals surface area contributed by atoms with Crippen LogP contribution in [-0.2, 0) is 13.0 Å². The number of benzene rings is 3. The third-order valence-corrected chi connectivity index (χ3v) is 6.46. The van der Waals surface area contributed by atoms with Gasteiger partial charge in [-0.3, -0.25) is 0 Å². The number of hydrogen-bond donors (Lipinski definition) is 0. The first kappa shape index (κ1) is 18.8. The molecule has 0 N–H and O–H groups in total. The van der Waals surface area contributed by atoms with Crippen LogP contribution in [0.3, 0.4) is 0 Å². The van der Waals surface area contributed by atoms with Gasteiger partial charge < -0.3 is 0 Å². The molecule has 32 heavy (non-hydrogen) atoms. The quantitative estimate of drug-likeness (QED) is 0.436. The molecule has 0 amide bonds. The zero-order valence-corrected chi connectivity index (χ0v) is 17.9. The Bertz CT molecular complexity index is 1420. The van der Waals surface area contributed by atoms with Gasteiger partial charge in [0.2, 0.25) is 6.34 Å². The highest BCUT2D eigenvalue weighted by Crippen LogP contribution is 2.30. The number of hydrogen-bond acceptors (Lipinski definition) is 1. The second kappa shape index (κ2) is 7.97. The molecule has 1 aliphatic carbocycles. The van der Waals surface area contributed by atoms with Gasteiger partial charge in [-0.2, -0.15) is 4.24 Å². The summed E-state index contributed by atoms with van der Waals surface area (Å²) in [6, 6.07) is 37.2. The molecule has 0 saturated carbocycles. The molecule has 3 aromatic carbocycles. The van der Waals surface area contributed by atoms with Crippen LogP contribution in [0.4, 0.5) is 0 Å². The molecule has 0 saturated heterocycles. The molecule has 0 radical (unpaired) electrons. The fraction of sp³-hybridized carbons (Fsp3) is 0.100. The highest BCUT2D eigenvalue weighted by Gasteiger charge is 2.35. The van der Waals surface area contributed by atoms with Crippen LogP contribution in [0.2, 0.25) is 0 Å². The van der Waals surface area contributed by atoms with Crippen LogP contribution >= 0.6 is 0 Å². The minimum Gasteiger partial charge on any atom is -0.249 e. The van der Waals surface area contributed by atoms with E-state index >= 15 is 0 Å². The molecule has 0 bridgehead atoms. The monoisotopic (exact) mass is 413 g/mol. The van der Waals surface area contributed by atoms with E-state index in [9.17, 15) is 0 Å². The van der Waals surface area contributed by atoms with Crippen molar-refractivity contribution in [3.8, 4) is 0 Å². The molecule has 4 aromatic rings. The summed E-state index contributed by atoms with van der Waals surface area (Å²) < 4.78 is 2.39. The van der Waals surface area contributed by atoms with Crippen LogP contribution in [0.25, 0.3) is 5.57 Å². The molecule has 1 atom stereocenters. The lowest BCUT2D eigenvalue weighted by Crippen LogP contribution is -2.40. The summed E-state index contributed by atoms with van der Waals surface area (Å²) in [4.78, 5) is 2.46. The van der Waals surface area contributed by atoms with E-state index in [4.69, 9.17) is 0 Å². The highest BCUT2D eigenvalue weighted by atomic mass is 15.2. The predicted octanol–water partition coefficient (Wildman–Crippen LogP) is 4.86. The molecule has 1 aliphatic heterocycles. The Kier molecular flexibility index (Phi) is 4.69. The van der Waals surface area contributed by atoms with Gasteiger partial charge >= 0.3 is 0 Å². The molecule has 6 rings (SSSR count). The van der Waals surface area contributed by atoms with Crippen molar-refractivity contribution in [3.05, 3.63) is 155 Å². The maximum absolute atomic E-state index is 2.46. The van der Waals surface area contributed by atoms with Crippen molar-refractivity contribution < 1.29 is 4.24 Å². The summed E-state index contributed by atoms with van der Waals surface area (Å²) in [6.45, 7) is 0.864. The average molecular weight is 414 g/mol. The Morgan fingerprint density at radius 1 is 0.750 bits per heavy atom. The molecule has 1 aromatic heterocycles. The summed E-state index contributed by atoms with van der Waals surface area (Å²) in [6.07, 6.45) is 7.86. The van der Waals surface area contributed by atoms with Gasteiger partial charge in [-0.25, -0.2) is 4.90 Å². The lowest BCUT2D eigenvalue weighted by molar-refractivity contribution is -0.529. The molecule has 2 aliphatic rings. The summed E-state index contributed by atoms with van der Waals surface area (Å²) in [7, 11) is 0. The normalized spacial score (nSPS) is 18.1. The zero-order valence-electron chi connectivity index (χ0n) is 17.9. The summed E-state index contributed by atoms with van der Waals surface area (Å²) in [5, 5.41) is 1.24. The van der Waals surface area contributed by atoms with Crippen LogP contribution in [-0.4, -0.2) is 4.90 Å². The van der Waals surface area contributed by atoms with Crippen molar-refractivity contribution in [1.29, 1.82) is 0 Å². The molecule has 0 fully saturated rings. The lowest BCUT2D eigenvalue weighted by Gasteiger charge is -2.18. The van der Waals surface area contributed by atoms with Gasteiger partial charge in [0, 0.05) is 11.1 Å². The van der Waals surface area contributed by atoms with Crippen molar-refractivity contribution in [2.75, 3.05) is 0 Å². The summed E-state index contributed by atoms with van der Waals surface area (Å²) >= 11 is 0. The fourth-order valence-electron chi connectivity index (χ4n) is 5.00. The third-order valence-electron chi connectivity index (χ3n) is 6.46. The molecule has 2 heterocycles. The fourth-order valence-corrected chi connectivity index (χ4v) is 5.00. The van der Waals surface area contributed by atoms with Crippen LogP contribution < -0.4 is 9.59 Å². The van der Waals surface area contributed by atoms with E-state index in [0.717, 1.165) is 13.0 Å². The maximum atomic E-state index is 2.46. The third kappa shape index (κ3) is 3.25. The number of aromatic nitrogens is 1. The first-order chi connectivity index (χ1) is 15.9. The Labute approximate surface area is 188 Å². The van der Waals surface area contributed by atoms with E-state index < -0.39 is 0 Å². The van der Waals surface area contributed by atoms with E-state index in [1.54, 1.807) is 0 Å². The minimum absolute atomic E-state index is 0.180. The molecular weight excluding hydrogens is 388 g/mol. The number of fused-ring (bicyclic) bond motifs is 2. The van der Waals surface area contributed by atoms with Gasteiger partial charge in [-0.15, -0.1) is 0 Å². The molecular formula is C30H25N2+. The standard InChI is InChI=1S/C30H25N2/c1-3-11-23(12-4-1)21-31-22-32-28(27-18-9-16-24-13-7-8-17-26(24)27)19-10-20-29(32)30(31)25-14-5-2-6-15-25/h1-15,17-20,22,30H,16,21H2/q+1. The maximum Gasteiger partial charge on any atom is 0.245 e. The van der Waals surface area contributed by atoms with Crippen LogP contribution in [0.15, 0.2) is 115 Å². The van der Waals surface area contributed by atoms with E-state index in [-0.39, 0.29) is 6.04 Å². The largest absolute Gasteiger partial charge is 0.249 e. The molecule has 2 heteroatoms. The highest BCUT2D eigenvalue weighted by molar-refractivity contribution is 5.76. The second-order valence-electron chi connectivity index (χ2n) is 8.47. The SMILES string of the molecule is C1=CC(=c2cccc3[n+]2=CN(Cc2ccccc2)C3c2ccccc2)c2ccccc2C1. The van der Waals surface area contributed by atoms with Gasteiger partial charge in [-0.1, -0.05) is 103 Å². The molecule has 154 valence electrons. The summed E-state index contributed by atoms with van der Waals surface area (Å²) in [5.41, 5.74) is 7.94. The van der Waals surface area contributed by atoms with Gasteiger partial charge in [0.05, 0.1) is 0 Å². The van der Waals surface area contributed by atoms with Crippen molar-refractivity contribution >= 4 is 5.57 Å². The first-order valence-corrected chi connectivity index (χ1v) is 11.2.